The molecule has 2 unspecified atom stereocenters. The highest BCUT2D eigenvalue weighted by Crippen LogP contribution is 2.52. The normalized spacial score (nSPS) is 38.7. The lowest BCUT2D eigenvalue weighted by Crippen LogP contribution is -2.57. The molecule has 0 aromatic carbocycles. The fourth-order valence-corrected chi connectivity index (χ4v) is 4.55. The van der Waals surface area contributed by atoms with E-state index >= 15 is 0 Å². The van der Waals surface area contributed by atoms with E-state index in [4.69, 9.17) is 0 Å². The van der Waals surface area contributed by atoms with Crippen LogP contribution in [0.3, 0.4) is 0 Å². The third kappa shape index (κ3) is 2.46. The van der Waals surface area contributed by atoms with Gasteiger partial charge in [-0.05, 0) is 57.4 Å². The van der Waals surface area contributed by atoms with Crippen LogP contribution in [-0.4, -0.2) is 36.6 Å². The van der Waals surface area contributed by atoms with Gasteiger partial charge in [-0.1, -0.05) is 19.8 Å². The summed E-state index contributed by atoms with van der Waals surface area (Å²) < 4.78 is 0. The molecule has 2 heteroatoms. The molecule has 2 atom stereocenters. The molecular formula is C16H30N2. The van der Waals surface area contributed by atoms with E-state index in [0.717, 1.165) is 23.5 Å². The molecule has 18 heavy (non-hydrogen) atoms. The maximum Gasteiger partial charge on any atom is 0.0113 e. The largest absolute Gasteiger partial charge is 0.317 e. The van der Waals surface area contributed by atoms with Crippen molar-refractivity contribution in [3.8, 4) is 0 Å². The minimum atomic E-state index is 0.745. The summed E-state index contributed by atoms with van der Waals surface area (Å²) >= 11 is 0. The number of hydrogen-bond acceptors (Lipinski definition) is 2. The van der Waals surface area contributed by atoms with Crippen molar-refractivity contribution >= 4 is 0 Å². The van der Waals surface area contributed by atoms with E-state index in [1.54, 1.807) is 0 Å². The zero-order valence-electron chi connectivity index (χ0n) is 12.3. The first-order valence-corrected chi connectivity index (χ1v) is 8.19. The Balaban J connectivity index is 1.65. The molecule has 0 radical (unpaired) electrons. The molecule has 104 valence electrons. The van der Waals surface area contributed by atoms with Crippen molar-refractivity contribution in [2.75, 3.05) is 13.6 Å². The number of nitrogens with one attached hydrogen (secondary N) is 1. The molecule has 2 heterocycles. The first-order chi connectivity index (χ1) is 8.76. The maximum atomic E-state index is 3.53. The average Bonchev–Trinajstić information content (AvgIpc) is 3.09. The van der Waals surface area contributed by atoms with Crippen LogP contribution in [0.15, 0.2) is 0 Å². The van der Waals surface area contributed by atoms with E-state index in [2.05, 4.69) is 24.2 Å². The molecule has 1 aliphatic carbocycles. The molecule has 1 saturated carbocycles. The van der Waals surface area contributed by atoms with Gasteiger partial charge in [0.15, 0.2) is 0 Å². The van der Waals surface area contributed by atoms with Gasteiger partial charge in [0.25, 0.3) is 0 Å². The molecule has 0 aromatic heterocycles. The van der Waals surface area contributed by atoms with Crippen molar-refractivity contribution in [2.45, 2.75) is 82.8 Å². The van der Waals surface area contributed by atoms with Gasteiger partial charge < -0.3 is 5.32 Å². The summed E-state index contributed by atoms with van der Waals surface area (Å²) in [5.41, 5.74) is 0.745. The predicted molar refractivity (Wildman–Crippen MR) is 76.8 cm³/mol. The van der Waals surface area contributed by atoms with Crippen LogP contribution in [0, 0.1) is 5.41 Å². The summed E-state index contributed by atoms with van der Waals surface area (Å²) in [6, 6.07) is 2.58. The molecular weight excluding hydrogens is 220 g/mol. The van der Waals surface area contributed by atoms with Gasteiger partial charge >= 0.3 is 0 Å². The predicted octanol–water partition coefficient (Wildman–Crippen LogP) is 3.17. The fourth-order valence-electron chi connectivity index (χ4n) is 4.55. The van der Waals surface area contributed by atoms with Crippen LogP contribution in [0.5, 0.6) is 0 Å². The van der Waals surface area contributed by atoms with Crippen molar-refractivity contribution in [3.63, 3.8) is 0 Å². The Morgan fingerprint density at radius 1 is 1.17 bits per heavy atom. The Bertz CT molecular complexity index is 271. The van der Waals surface area contributed by atoms with Crippen molar-refractivity contribution < 1.29 is 0 Å². The molecule has 2 saturated heterocycles. The van der Waals surface area contributed by atoms with E-state index in [0.29, 0.717) is 0 Å². The highest BCUT2D eigenvalue weighted by Gasteiger charge is 2.47. The third-order valence-electron chi connectivity index (χ3n) is 5.79. The van der Waals surface area contributed by atoms with E-state index < -0.39 is 0 Å². The number of rotatable bonds is 5. The Morgan fingerprint density at radius 3 is 2.33 bits per heavy atom. The van der Waals surface area contributed by atoms with Gasteiger partial charge in [0.1, 0.15) is 0 Å². The quantitative estimate of drug-likeness (QED) is 0.806. The molecule has 0 amide bonds. The van der Waals surface area contributed by atoms with Crippen LogP contribution in [0.4, 0.5) is 0 Å². The Labute approximate surface area is 113 Å². The van der Waals surface area contributed by atoms with Gasteiger partial charge in [0.05, 0.1) is 0 Å². The third-order valence-corrected chi connectivity index (χ3v) is 5.79. The molecule has 0 aromatic rings. The fraction of sp³-hybridized carbons (Fsp3) is 1.00. The number of hydrogen-bond donors (Lipinski definition) is 1. The minimum absolute atomic E-state index is 0.745. The van der Waals surface area contributed by atoms with Gasteiger partial charge in [-0.2, -0.15) is 0 Å². The second-order valence-corrected chi connectivity index (χ2v) is 7.12. The van der Waals surface area contributed by atoms with Gasteiger partial charge in [0, 0.05) is 24.7 Å². The summed E-state index contributed by atoms with van der Waals surface area (Å²) in [6.07, 6.45) is 13.0. The first kappa shape index (κ1) is 12.9. The number of piperidine rings is 2. The van der Waals surface area contributed by atoms with Crippen LogP contribution in [0.25, 0.3) is 0 Å². The number of nitrogens with zero attached hydrogens (tertiary/aromatic N) is 1. The van der Waals surface area contributed by atoms with Crippen molar-refractivity contribution in [2.24, 2.45) is 5.41 Å². The topological polar surface area (TPSA) is 15.3 Å². The number of fused-ring (bicyclic) bond motifs is 2. The van der Waals surface area contributed by atoms with E-state index in [9.17, 15) is 0 Å². The second kappa shape index (κ2) is 5.13. The van der Waals surface area contributed by atoms with E-state index in [-0.39, 0.29) is 0 Å². The Kier molecular flexibility index (Phi) is 3.68. The lowest BCUT2D eigenvalue weighted by atomic mass is 9.80. The van der Waals surface area contributed by atoms with Crippen molar-refractivity contribution in [1.82, 2.24) is 10.2 Å². The van der Waals surface area contributed by atoms with E-state index in [1.165, 1.54) is 64.3 Å². The Hall–Kier alpha value is -0.0800. The molecule has 3 rings (SSSR count). The van der Waals surface area contributed by atoms with E-state index in [1.807, 2.05) is 0 Å². The molecule has 1 N–H and O–H groups in total. The van der Waals surface area contributed by atoms with Crippen molar-refractivity contribution in [3.05, 3.63) is 0 Å². The molecule has 3 aliphatic rings. The van der Waals surface area contributed by atoms with Gasteiger partial charge in [-0.15, -0.1) is 0 Å². The van der Waals surface area contributed by atoms with Crippen LogP contribution < -0.4 is 5.32 Å². The molecule has 2 nitrogen and oxygen atoms in total. The van der Waals surface area contributed by atoms with Crippen LogP contribution in [0.1, 0.15) is 64.7 Å². The molecule has 2 aliphatic heterocycles. The standard InChI is InChI=1S/C16H30N2/c1-3-7-16(8-9-16)12-18-14-5-4-6-15(18)11-13(10-14)17-2/h13-15,17H,3-12H2,1-2H3. The lowest BCUT2D eigenvalue weighted by Gasteiger charge is -2.50. The van der Waals surface area contributed by atoms with Gasteiger partial charge in [0.2, 0.25) is 0 Å². The summed E-state index contributed by atoms with van der Waals surface area (Å²) in [7, 11) is 2.15. The monoisotopic (exact) mass is 250 g/mol. The molecule has 3 fully saturated rings. The highest BCUT2D eigenvalue weighted by atomic mass is 15.2. The molecule has 0 spiro atoms. The Morgan fingerprint density at radius 2 is 1.83 bits per heavy atom. The molecule has 2 bridgehead atoms. The first-order valence-electron chi connectivity index (χ1n) is 8.19. The van der Waals surface area contributed by atoms with Crippen molar-refractivity contribution in [1.29, 1.82) is 0 Å². The summed E-state index contributed by atoms with van der Waals surface area (Å²) in [4.78, 5) is 2.93. The minimum Gasteiger partial charge on any atom is -0.317 e. The maximum absolute atomic E-state index is 3.53. The summed E-state index contributed by atoms with van der Waals surface area (Å²) in [5, 5.41) is 3.53. The SMILES string of the molecule is CCCC1(CN2C3CCCC2CC(NC)C3)CC1. The zero-order chi connectivity index (χ0) is 12.6. The summed E-state index contributed by atoms with van der Waals surface area (Å²) in [5.74, 6) is 0. The van der Waals surface area contributed by atoms with Gasteiger partial charge in [-0.3, -0.25) is 4.90 Å². The van der Waals surface area contributed by atoms with Crippen LogP contribution in [-0.2, 0) is 0 Å². The zero-order valence-corrected chi connectivity index (χ0v) is 12.3. The lowest BCUT2D eigenvalue weighted by molar-refractivity contribution is 0.00836. The van der Waals surface area contributed by atoms with Crippen LogP contribution in [0.2, 0.25) is 0 Å². The summed E-state index contributed by atoms with van der Waals surface area (Å²) in [6.45, 7) is 3.78. The average molecular weight is 250 g/mol. The van der Waals surface area contributed by atoms with Crippen LogP contribution >= 0.6 is 0 Å². The smallest absolute Gasteiger partial charge is 0.0113 e. The highest BCUT2D eigenvalue weighted by molar-refractivity contribution is 5.01. The van der Waals surface area contributed by atoms with Gasteiger partial charge in [-0.25, -0.2) is 0 Å². The second-order valence-electron chi connectivity index (χ2n) is 7.12.